The molecule has 1 aliphatic rings. The number of nitrogens with two attached hydrogens (primary N) is 1. The van der Waals surface area contributed by atoms with E-state index in [4.69, 9.17) is 5.73 Å². The molecule has 28 heavy (non-hydrogen) atoms. The van der Waals surface area contributed by atoms with Crippen LogP contribution in [0, 0.1) is 5.92 Å². The Morgan fingerprint density at radius 3 is 2.57 bits per heavy atom. The van der Waals surface area contributed by atoms with Crippen LogP contribution in [0.2, 0.25) is 0 Å². The molecule has 1 aromatic rings. The third-order valence-electron chi connectivity index (χ3n) is 4.35. The van der Waals surface area contributed by atoms with Crippen LogP contribution in [0.15, 0.2) is 41.8 Å². The van der Waals surface area contributed by atoms with Crippen molar-refractivity contribution < 1.29 is 18.0 Å². The number of amides is 2. The van der Waals surface area contributed by atoms with Crippen LogP contribution in [-0.2, 0) is 14.8 Å². The van der Waals surface area contributed by atoms with Crippen molar-refractivity contribution in [2.45, 2.75) is 17.7 Å². The van der Waals surface area contributed by atoms with Crippen LogP contribution in [0.25, 0.3) is 0 Å². The van der Waals surface area contributed by atoms with Gasteiger partial charge >= 0.3 is 0 Å². The van der Waals surface area contributed by atoms with Crippen molar-refractivity contribution in [2.24, 2.45) is 11.7 Å². The number of hydrogen-bond donors (Lipinski definition) is 3. The van der Waals surface area contributed by atoms with Crippen molar-refractivity contribution in [2.75, 3.05) is 32.7 Å². The van der Waals surface area contributed by atoms with E-state index in [2.05, 4.69) is 16.6 Å². The SMILES string of the molecule is C=CCNS(=O)(=O)c1ccc(C(=O)N2CCCC(C(=O)NCCN)C2)cc1.Cl. The fraction of sp³-hybridized carbons (Fsp3) is 0.444. The third kappa shape index (κ3) is 6.30. The summed E-state index contributed by atoms with van der Waals surface area (Å²) in [6.07, 6.45) is 2.92. The van der Waals surface area contributed by atoms with Gasteiger partial charge in [0, 0.05) is 38.3 Å². The van der Waals surface area contributed by atoms with Gasteiger partial charge in [-0.3, -0.25) is 9.59 Å². The van der Waals surface area contributed by atoms with Crippen LogP contribution >= 0.6 is 12.4 Å². The Bertz CT molecular complexity index is 783. The monoisotopic (exact) mass is 430 g/mol. The van der Waals surface area contributed by atoms with Gasteiger partial charge in [0.2, 0.25) is 15.9 Å². The topological polar surface area (TPSA) is 122 Å². The smallest absolute Gasteiger partial charge is 0.253 e. The van der Waals surface area contributed by atoms with Gasteiger partial charge in [0.25, 0.3) is 5.91 Å². The number of piperidine rings is 1. The summed E-state index contributed by atoms with van der Waals surface area (Å²) in [6.45, 7) is 5.30. The van der Waals surface area contributed by atoms with Crippen molar-refractivity contribution in [3.63, 3.8) is 0 Å². The van der Waals surface area contributed by atoms with E-state index in [0.29, 0.717) is 31.7 Å². The standard InChI is InChI=1S/C18H26N4O4S.ClH/c1-2-10-21-27(25,26)16-7-5-14(6-8-16)18(24)22-12-3-4-15(13-22)17(23)20-11-9-19;/h2,5-8,15,21H,1,3-4,9-13,19H2,(H,20,23);1H. The summed E-state index contributed by atoms with van der Waals surface area (Å²) in [6, 6.07) is 5.77. The molecule has 1 aromatic carbocycles. The van der Waals surface area contributed by atoms with Crippen LogP contribution in [0.3, 0.4) is 0 Å². The zero-order chi connectivity index (χ0) is 19.9. The van der Waals surface area contributed by atoms with Crippen LogP contribution in [0.1, 0.15) is 23.2 Å². The molecule has 8 nitrogen and oxygen atoms in total. The molecule has 1 heterocycles. The third-order valence-corrected chi connectivity index (χ3v) is 5.79. The molecule has 0 bridgehead atoms. The Labute approximate surface area is 172 Å². The molecule has 0 aromatic heterocycles. The summed E-state index contributed by atoms with van der Waals surface area (Å²) in [5.41, 5.74) is 5.79. The molecule has 1 fully saturated rings. The summed E-state index contributed by atoms with van der Waals surface area (Å²) in [7, 11) is -3.63. The largest absolute Gasteiger partial charge is 0.355 e. The average molecular weight is 431 g/mol. The van der Waals surface area contributed by atoms with Gasteiger partial charge in [-0.25, -0.2) is 13.1 Å². The van der Waals surface area contributed by atoms with Gasteiger partial charge in [-0.05, 0) is 37.1 Å². The summed E-state index contributed by atoms with van der Waals surface area (Å²) >= 11 is 0. The molecule has 10 heteroatoms. The Kier molecular flexibility index (Phi) is 9.60. The van der Waals surface area contributed by atoms with Crippen LogP contribution in [0.5, 0.6) is 0 Å². The Morgan fingerprint density at radius 2 is 1.96 bits per heavy atom. The average Bonchev–Trinajstić information content (AvgIpc) is 2.70. The minimum Gasteiger partial charge on any atom is -0.355 e. The first kappa shape index (κ1) is 24.1. The van der Waals surface area contributed by atoms with Crippen LogP contribution in [0.4, 0.5) is 0 Å². The second kappa shape index (κ2) is 11.2. The molecule has 2 rings (SSSR count). The van der Waals surface area contributed by atoms with E-state index < -0.39 is 10.0 Å². The van der Waals surface area contributed by atoms with Gasteiger partial charge < -0.3 is 16.0 Å². The highest BCUT2D eigenvalue weighted by Crippen LogP contribution is 2.20. The molecule has 0 aliphatic carbocycles. The summed E-state index contributed by atoms with van der Waals surface area (Å²) in [5.74, 6) is -0.556. The second-order valence-corrected chi connectivity index (χ2v) is 8.10. The van der Waals surface area contributed by atoms with Crippen LogP contribution in [-0.4, -0.2) is 57.9 Å². The number of sulfonamides is 1. The van der Waals surface area contributed by atoms with E-state index in [9.17, 15) is 18.0 Å². The fourth-order valence-corrected chi connectivity index (χ4v) is 3.92. The maximum absolute atomic E-state index is 12.7. The quantitative estimate of drug-likeness (QED) is 0.518. The number of carbonyl (C=O) groups is 2. The number of nitrogens with one attached hydrogen (secondary N) is 2. The van der Waals surface area contributed by atoms with E-state index in [0.717, 1.165) is 12.8 Å². The Balaban J connectivity index is 0.00000392. The predicted molar refractivity (Wildman–Crippen MR) is 110 cm³/mol. The number of benzene rings is 1. The van der Waals surface area contributed by atoms with Crippen LogP contribution < -0.4 is 15.8 Å². The molecule has 4 N–H and O–H groups in total. The lowest BCUT2D eigenvalue weighted by Crippen LogP contribution is -2.46. The van der Waals surface area contributed by atoms with Crippen molar-refractivity contribution >= 4 is 34.2 Å². The number of nitrogens with zero attached hydrogens (tertiary/aromatic N) is 1. The first-order valence-electron chi connectivity index (χ1n) is 8.86. The molecule has 2 amide bonds. The van der Waals surface area contributed by atoms with Gasteiger partial charge in [0.1, 0.15) is 0 Å². The van der Waals surface area contributed by atoms with Gasteiger partial charge in [-0.2, -0.15) is 0 Å². The molecule has 1 saturated heterocycles. The van der Waals surface area contributed by atoms with Gasteiger partial charge in [-0.15, -0.1) is 19.0 Å². The lowest BCUT2D eigenvalue weighted by Gasteiger charge is -2.32. The maximum Gasteiger partial charge on any atom is 0.253 e. The zero-order valence-corrected chi connectivity index (χ0v) is 17.2. The minimum absolute atomic E-state index is 0. The molecule has 1 aliphatic heterocycles. The normalized spacial score (nSPS) is 16.8. The van der Waals surface area contributed by atoms with Gasteiger partial charge in [0.15, 0.2) is 0 Å². The molecular formula is C18H27ClN4O4S. The molecule has 0 spiro atoms. The zero-order valence-electron chi connectivity index (χ0n) is 15.6. The van der Waals surface area contributed by atoms with Gasteiger partial charge in [-0.1, -0.05) is 6.08 Å². The molecule has 156 valence electrons. The fourth-order valence-electron chi connectivity index (χ4n) is 2.93. The number of halogens is 1. The maximum atomic E-state index is 12.7. The number of carbonyl (C=O) groups excluding carboxylic acids is 2. The molecule has 0 saturated carbocycles. The van der Waals surface area contributed by atoms with E-state index in [-0.39, 0.29) is 41.6 Å². The predicted octanol–water partition coefficient (Wildman–Crippen LogP) is 0.500. The lowest BCUT2D eigenvalue weighted by atomic mass is 9.96. The second-order valence-electron chi connectivity index (χ2n) is 6.33. The van der Waals surface area contributed by atoms with E-state index in [1.807, 2.05) is 0 Å². The summed E-state index contributed by atoms with van der Waals surface area (Å²) in [4.78, 5) is 26.5. The van der Waals surface area contributed by atoms with Crippen molar-refractivity contribution in [1.82, 2.24) is 14.9 Å². The van der Waals surface area contributed by atoms with E-state index in [1.54, 1.807) is 4.90 Å². The molecule has 1 atom stereocenters. The van der Waals surface area contributed by atoms with Crippen molar-refractivity contribution in [3.05, 3.63) is 42.5 Å². The summed E-state index contributed by atoms with van der Waals surface area (Å²) < 4.78 is 26.5. The first-order valence-corrected chi connectivity index (χ1v) is 10.3. The minimum atomic E-state index is -3.63. The number of rotatable bonds is 8. The molecule has 0 radical (unpaired) electrons. The Morgan fingerprint density at radius 1 is 1.29 bits per heavy atom. The van der Waals surface area contributed by atoms with E-state index in [1.165, 1.54) is 30.3 Å². The highest BCUT2D eigenvalue weighted by molar-refractivity contribution is 7.89. The van der Waals surface area contributed by atoms with Crippen molar-refractivity contribution in [3.8, 4) is 0 Å². The summed E-state index contributed by atoms with van der Waals surface area (Å²) in [5, 5.41) is 2.76. The van der Waals surface area contributed by atoms with E-state index >= 15 is 0 Å². The first-order chi connectivity index (χ1) is 12.9. The molecule has 1 unspecified atom stereocenters. The highest BCUT2D eigenvalue weighted by Gasteiger charge is 2.28. The number of hydrogen-bond acceptors (Lipinski definition) is 5. The molecular weight excluding hydrogens is 404 g/mol. The lowest BCUT2D eigenvalue weighted by molar-refractivity contribution is -0.126. The van der Waals surface area contributed by atoms with Crippen molar-refractivity contribution in [1.29, 1.82) is 0 Å². The van der Waals surface area contributed by atoms with Gasteiger partial charge in [0.05, 0.1) is 10.8 Å². The highest BCUT2D eigenvalue weighted by atomic mass is 35.5. The Hall–Kier alpha value is -1.94. The number of likely N-dealkylation sites (tertiary alicyclic amines) is 1.